The van der Waals surface area contributed by atoms with Gasteiger partial charge in [0.1, 0.15) is 11.4 Å². The van der Waals surface area contributed by atoms with Crippen LogP contribution in [0.1, 0.15) is 36.8 Å². The van der Waals surface area contributed by atoms with Gasteiger partial charge in [-0.25, -0.2) is 0 Å². The fourth-order valence-corrected chi connectivity index (χ4v) is 4.85. The summed E-state index contributed by atoms with van der Waals surface area (Å²) in [4.78, 5) is 31.6. The van der Waals surface area contributed by atoms with Crippen molar-refractivity contribution >= 4 is 35.2 Å². The summed E-state index contributed by atoms with van der Waals surface area (Å²) in [6.45, 7) is 4.49. The standard InChI is InChI=1S/C21H24ClN3O2S/c1-14(2)10-18(20(27)24-12-15-6-5-9-23-11-15)25-19(26)13-28-21(25)16-7-3-4-8-17(16)22/h3-9,11,14,18,21H,10,12-13H2,1-2H3,(H,24,27)/t18-,21+/m0/s1. The normalized spacial score (nSPS) is 17.8. The summed E-state index contributed by atoms with van der Waals surface area (Å²) >= 11 is 7.90. The van der Waals surface area contributed by atoms with Crippen LogP contribution in [0.2, 0.25) is 5.02 Å². The first-order valence-corrected chi connectivity index (χ1v) is 10.7. The van der Waals surface area contributed by atoms with Gasteiger partial charge in [-0.15, -0.1) is 11.8 Å². The van der Waals surface area contributed by atoms with Crippen LogP contribution in [-0.4, -0.2) is 33.5 Å². The molecule has 0 unspecified atom stereocenters. The van der Waals surface area contributed by atoms with Gasteiger partial charge in [-0.2, -0.15) is 0 Å². The summed E-state index contributed by atoms with van der Waals surface area (Å²) in [5, 5.41) is 3.33. The molecule has 0 aliphatic carbocycles. The van der Waals surface area contributed by atoms with Crippen molar-refractivity contribution in [3.05, 3.63) is 64.9 Å². The highest BCUT2D eigenvalue weighted by atomic mass is 35.5. The van der Waals surface area contributed by atoms with Crippen LogP contribution in [0.25, 0.3) is 0 Å². The summed E-state index contributed by atoms with van der Waals surface area (Å²) in [7, 11) is 0. The number of nitrogens with zero attached hydrogens (tertiary/aromatic N) is 2. The van der Waals surface area contributed by atoms with E-state index in [4.69, 9.17) is 11.6 Å². The zero-order valence-electron chi connectivity index (χ0n) is 16.0. The Kier molecular flexibility index (Phi) is 6.97. The van der Waals surface area contributed by atoms with Gasteiger partial charge in [-0.3, -0.25) is 14.6 Å². The predicted molar refractivity (Wildman–Crippen MR) is 113 cm³/mol. The molecule has 0 radical (unpaired) electrons. The lowest BCUT2D eigenvalue weighted by atomic mass is 10.0. The second kappa shape index (κ2) is 9.43. The molecule has 5 nitrogen and oxygen atoms in total. The number of carbonyl (C=O) groups is 2. The Morgan fingerprint density at radius 1 is 1.32 bits per heavy atom. The number of benzene rings is 1. The molecule has 3 rings (SSSR count). The van der Waals surface area contributed by atoms with Gasteiger partial charge in [-0.1, -0.05) is 49.7 Å². The van der Waals surface area contributed by atoms with Gasteiger partial charge in [0.05, 0.1) is 5.75 Å². The smallest absolute Gasteiger partial charge is 0.243 e. The van der Waals surface area contributed by atoms with Crippen molar-refractivity contribution in [2.24, 2.45) is 5.92 Å². The van der Waals surface area contributed by atoms with Gasteiger partial charge >= 0.3 is 0 Å². The average Bonchev–Trinajstić information content (AvgIpc) is 3.06. The molecule has 1 aromatic heterocycles. The number of aromatic nitrogens is 1. The SMILES string of the molecule is CC(C)C[C@@H](C(=O)NCc1cccnc1)N1C(=O)CS[C@@H]1c1ccccc1Cl. The van der Waals surface area contributed by atoms with Crippen LogP contribution in [0.3, 0.4) is 0 Å². The van der Waals surface area contributed by atoms with Crippen LogP contribution in [0.15, 0.2) is 48.8 Å². The van der Waals surface area contributed by atoms with Crippen LogP contribution < -0.4 is 5.32 Å². The van der Waals surface area contributed by atoms with Crippen LogP contribution in [-0.2, 0) is 16.1 Å². The Bertz CT molecular complexity index is 831. The van der Waals surface area contributed by atoms with Crippen LogP contribution >= 0.6 is 23.4 Å². The predicted octanol–water partition coefficient (Wildman–Crippen LogP) is 4.04. The van der Waals surface area contributed by atoms with Crippen LogP contribution in [0.5, 0.6) is 0 Å². The molecule has 0 spiro atoms. The number of halogens is 1. The van der Waals surface area contributed by atoms with Gasteiger partial charge < -0.3 is 10.2 Å². The number of amides is 2. The molecule has 1 aliphatic heterocycles. The molecule has 28 heavy (non-hydrogen) atoms. The van der Waals surface area contributed by atoms with E-state index in [1.807, 2.05) is 36.4 Å². The number of carbonyl (C=O) groups excluding carboxylic acids is 2. The minimum absolute atomic E-state index is 0.0305. The Balaban J connectivity index is 1.83. The average molecular weight is 418 g/mol. The molecule has 7 heteroatoms. The quantitative estimate of drug-likeness (QED) is 0.738. The van der Waals surface area contributed by atoms with Crippen LogP contribution in [0, 0.1) is 5.92 Å². The maximum atomic E-state index is 13.1. The van der Waals surface area contributed by atoms with Crippen molar-refractivity contribution in [3.63, 3.8) is 0 Å². The molecule has 148 valence electrons. The van der Waals surface area contributed by atoms with Crippen LogP contribution in [0.4, 0.5) is 0 Å². The first-order valence-electron chi connectivity index (χ1n) is 9.31. The van der Waals surface area contributed by atoms with E-state index in [0.717, 1.165) is 11.1 Å². The molecule has 1 saturated heterocycles. The minimum atomic E-state index is -0.541. The van der Waals surface area contributed by atoms with Crippen molar-refractivity contribution in [1.29, 1.82) is 0 Å². The maximum Gasteiger partial charge on any atom is 0.243 e. The number of hydrogen-bond acceptors (Lipinski definition) is 4. The van der Waals surface area contributed by atoms with E-state index < -0.39 is 6.04 Å². The number of thioether (sulfide) groups is 1. The van der Waals surface area contributed by atoms with E-state index in [2.05, 4.69) is 24.1 Å². The highest BCUT2D eigenvalue weighted by Gasteiger charge is 2.41. The van der Waals surface area contributed by atoms with Crippen molar-refractivity contribution in [1.82, 2.24) is 15.2 Å². The summed E-state index contributed by atoms with van der Waals surface area (Å²) < 4.78 is 0. The number of hydrogen-bond donors (Lipinski definition) is 1. The molecule has 1 aromatic carbocycles. The highest BCUT2D eigenvalue weighted by Crippen LogP contribution is 2.43. The lowest BCUT2D eigenvalue weighted by molar-refractivity contribution is -0.139. The fourth-order valence-electron chi connectivity index (χ4n) is 3.29. The van der Waals surface area contributed by atoms with Gasteiger partial charge in [-0.05, 0) is 30.0 Å². The number of nitrogens with one attached hydrogen (secondary N) is 1. The molecule has 2 atom stereocenters. The van der Waals surface area contributed by atoms with Crippen molar-refractivity contribution in [3.8, 4) is 0 Å². The Morgan fingerprint density at radius 2 is 2.11 bits per heavy atom. The van der Waals surface area contributed by atoms with Crippen molar-refractivity contribution in [2.75, 3.05) is 5.75 Å². The lowest BCUT2D eigenvalue weighted by Gasteiger charge is -2.33. The van der Waals surface area contributed by atoms with Crippen molar-refractivity contribution < 1.29 is 9.59 Å². The fraction of sp³-hybridized carbons (Fsp3) is 0.381. The molecular weight excluding hydrogens is 394 g/mol. The highest BCUT2D eigenvalue weighted by molar-refractivity contribution is 8.00. The lowest BCUT2D eigenvalue weighted by Crippen LogP contribution is -2.49. The first-order chi connectivity index (χ1) is 13.5. The van der Waals surface area contributed by atoms with Gasteiger partial charge in [0.15, 0.2) is 0 Å². The minimum Gasteiger partial charge on any atom is -0.350 e. The molecule has 1 fully saturated rings. The third kappa shape index (κ3) is 4.86. The van der Waals surface area contributed by atoms with E-state index in [0.29, 0.717) is 23.7 Å². The van der Waals surface area contributed by atoms with E-state index in [1.165, 1.54) is 11.8 Å². The monoisotopic (exact) mass is 417 g/mol. The molecule has 0 saturated carbocycles. The summed E-state index contributed by atoms with van der Waals surface area (Å²) in [6, 6.07) is 10.7. The Labute approximate surface area is 174 Å². The molecule has 2 amide bonds. The number of rotatable bonds is 7. The third-order valence-electron chi connectivity index (χ3n) is 4.60. The topological polar surface area (TPSA) is 62.3 Å². The number of pyridine rings is 1. The molecule has 1 N–H and O–H groups in total. The summed E-state index contributed by atoms with van der Waals surface area (Å²) in [6.07, 6.45) is 4.01. The molecule has 2 heterocycles. The van der Waals surface area contributed by atoms with E-state index in [1.54, 1.807) is 17.3 Å². The second-order valence-electron chi connectivity index (χ2n) is 7.21. The maximum absolute atomic E-state index is 13.1. The third-order valence-corrected chi connectivity index (χ3v) is 6.15. The molecule has 1 aliphatic rings. The Hall–Kier alpha value is -2.05. The molecule has 2 aromatic rings. The van der Waals surface area contributed by atoms with Gasteiger partial charge in [0.25, 0.3) is 0 Å². The van der Waals surface area contributed by atoms with E-state index in [-0.39, 0.29) is 23.1 Å². The van der Waals surface area contributed by atoms with Gasteiger partial charge in [0, 0.05) is 29.5 Å². The Morgan fingerprint density at radius 3 is 2.79 bits per heavy atom. The van der Waals surface area contributed by atoms with Gasteiger partial charge in [0.2, 0.25) is 11.8 Å². The van der Waals surface area contributed by atoms with E-state index >= 15 is 0 Å². The first kappa shape index (κ1) is 20.7. The largest absolute Gasteiger partial charge is 0.350 e. The summed E-state index contributed by atoms with van der Waals surface area (Å²) in [5.74, 6) is 0.433. The zero-order chi connectivity index (χ0) is 20.1. The van der Waals surface area contributed by atoms with E-state index in [9.17, 15) is 9.59 Å². The molecular formula is C21H24ClN3O2S. The molecule has 0 bridgehead atoms. The zero-order valence-corrected chi connectivity index (χ0v) is 17.5. The second-order valence-corrected chi connectivity index (χ2v) is 8.69. The summed E-state index contributed by atoms with van der Waals surface area (Å²) in [5.41, 5.74) is 1.79. The van der Waals surface area contributed by atoms with Crippen molar-refractivity contribution in [2.45, 2.75) is 38.2 Å².